The Bertz CT molecular complexity index is 445. The molecule has 0 heterocycles. The molecule has 0 aromatic heterocycles. The maximum Gasteiger partial charge on any atom is 0.416 e. The molecule has 1 aromatic rings. The molecule has 2 N–H and O–H groups in total. The van der Waals surface area contributed by atoms with Crippen LogP contribution in [0.2, 0.25) is 0 Å². The van der Waals surface area contributed by atoms with Crippen LogP contribution >= 0.6 is 0 Å². The third-order valence-electron chi connectivity index (χ3n) is 3.57. The molecule has 1 nitrogen and oxygen atoms in total. The molecule has 1 unspecified atom stereocenters. The van der Waals surface area contributed by atoms with Crippen LogP contribution in [0.1, 0.15) is 49.3 Å². The summed E-state index contributed by atoms with van der Waals surface area (Å²) in [7, 11) is 0. The number of allylic oxidation sites excluding steroid dienone is 1. The van der Waals surface area contributed by atoms with E-state index in [4.69, 9.17) is 5.73 Å². The number of hydrogen-bond acceptors (Lipinski definition) is 1. The lowest BCUT2D eigenvalue weighted by Crippen LogP contribution is -2.14. The SMILES string of the molecule is NC(C1=CCCCCC1)c1ccc(C(F)(F)F)cc1. The maximum atomic E-state index is 12.5. The van der Waals surface area contributed by atoms with Gasteiger partial charge in [0.15, 0.2) is 0 Å². The van der Waals surface area contributed by atoms with Gasteiger partial charge in [-0.2, -0.15) is 13.2 Å². The fourth-order valence-corrected chi connectivity index (χ4v) is 2.42. The fraction of sp³-hybridized carbons (Fsp3) is 0.467. The van der Waals surface area contributed by atoms with Gasteiger partial charge >= 0.3 is 6.18 Å². The lowest BCUT2D eigenvalue weighted by molar-refractivity contribution is -0.137. The highest BCUT2D eigenvalue weighted by molar-refractivity contribution is 5.31. The molecule has 19 heavy (non-hydrogen) atoms. The van der Waals surface area contributed by atoms with Crippen LogP contribution in [0.15, 0.2) is 35.9 Å². The van der Waals surface area contributed by atoms with Gasteiger partial charge in [0.25, 0.3) is 0 Å². The summed E-state index contributed by atoms with van der Waals surface area (Å²) in [5, 5.41) is 0. The lowest BCUT2D eigenvalue weighted by atomic mass is 9.95. The summed E-state index contributed by atoms with van der Waals surface area (Å²) >= 11 is 0. The second-order valence-corrected chi connectivity index (χ2v) is 4.98. The molecule has 0 amide bonds. The normalized spacial score (nSPS) is 18.6. The second-order valence-electron chi connectivity index (χ2n) is 4.98. The van der Waals surface area contributed by atoms with Gasteiger partial charge in [0, 0.05) is 0 Å². The Morgan fingerprint density at radius 2 is 1.68 bits per heavy atom. The van der Waals surface area contributed by atoms with Crippen molar-refractivity contribution in [3.63, 3.8) is 0 Å². The van der Waals surface area contributed by atoms with Crippen LogP contribution in [-0.2, 0) is 6.18 Å². The molecule has 0 saturated heterocycles. The molecule has 1 aliphatic carbocycles. The molecule has 1 aromatic carbocycles. The van der Waals surface area contributed by atoms with E-state index in [2.05, 4.69) is 6.08 Å². The van der Waals surface area contributed by atoms with Crippen molar-refractivity contribution in [2.24, 2.45) is 5.73 Å². The monoisotopic (exact) mass is 269 g/mol. The van der Waals surface area contributed by atoms with Crippen LogP contribution in [0, 0.1) is 0 Å². The van der Waals surface area contributed by atoms with Crippen molar-refractivity contribution in [1.29, 1.82) is 0 Å². The van der Waals surface area contributed by atoms with E-state index in [9.17, 15) is 13.2 Å². The number of halogens is 3. The molecule has 0 saturated carbocycles. The summed E-state index contributed by atoms with van der Waals surface area (Å²) < 4.78 is 37.5. The van der Waals surface area contributed by atoms with Gasteiger partial charge in [-0.3, -0.25) is 0 Å². The molecule has 104 valence electrons. The van der Waals surface area contributed by atoms with E-state index in [0.717, 1.165) is 42.5 Å². The van der Waals surface area contributed by atoms with Gasteiger partial charge in [-0.1, -0.05) is 30.2 Å². The molecule has 0 bridgehead atoms. The number of alkyl halides is 3. The van der Waals surface area contributed by atoms with Gasteiger partial charge in [-0.25, -0.2) is 0 Å². The van der Waals surface area contributed by atoms with Gasteiger partial charge in [0.2, 0.25) is 0 Å². The fourth-order valence-electron chi connectivity index (χ4n) is 2.42. The van der Waals surface area contributed by atoms with E-state index in [1.165, 1.54) is 25.0 Å². The smallest absolute Gasteiger partial charge is 0.321 e. The van der Waals surface area contributed by atoms with Crippen molar-refractivity contribution in [2.75, 3.05) is 0 Å². The average Bonchev–Trinajstić information content (AvgIpc) is 2.66. The summed E-state index contributed by atoms with van der Waals surface area (Å²) in [5.41, 5.74) is 7.42. The zero-order valence-corrected chi connectivity index (χ0v) is 10.7. The zero-order valence-electron chi connectivity index (χ0n) is 10.7. The predicted molar refractivity (Wildman–Crippen MR) is 69.5 cm³/mol. The summed E-state index contributed by atoms with van der Waals surface area (Å²) in [4.78, 5) is 0. The van der Waals surface area contributed by atoms with Crippen LogP contribution in [-0.4, -0.2) is 0 Å². The first kappa shape index (κ1) is 14.1. The Morgan fingerprint density at radius 3 is 2.32 bits per heavy atom. The van der Waals surface area contributed by atoms with Crippen molar-refractivity contribution < 1.29 is 13.2 Å². The van der Waals surface area contributed by atoms with Crippen LogP contribution in [0.4, 0.5) is 13.2 Å². The van der Waals surface area contributed by atoms with Gasteiger partial charge in [0.05, 0.1) is 11.6 Å². The number of nitrogens with two attached hydrogens (primary N) is 1. The summed E-state index contributed by atoms with van der Waals surface area (Å²) in [5.74, 6) is 0. The molecule has 0 radical (unpaired) electrons. The third kappa shape index (κ3) is 3.60. The largest absolute Gasteiger partial charge is 0.416 e. The van der Waals surface area contributed by atoms with Crippen molar-refractivity contribution in [1.82, 2.24) is 0 Å². The first-order chi connectivity index (χ1) is 8.98. The van der Waals surface area contributed by atoms with E-state index >= 15 is 0 Å². The van der Waals surface area contributed by atoms with Crippen molar-refractivity contribution >= 4 is 0 Å². The highest BCUT2D eigenvalue weighted by atomic mass is 19.4. The van der Waals surface area contributed by atoms with Gasteiger partial charge in [-0.15, -0.1) is 0 Å². The maximum absolute atomic E-state index is 12.5. The Labute approximate surface area is 111 Å². The van der Waals surface area contributed by atoms with E-state index < -0.39 is 11.7 Å². The predicted octanol–water partition coefficient (Wildman–Crippen LogP) is 4.60. The molecule has 0 fully saturated rings. The van der Waals surface area contributed by atoms with Gasteiger partial charge in [-0.05, 0) is 43.4 Å². The quantitative estimate of drug-likeness (QED) is 0.780. The molecule has 1 atom stereocenters. The molecule has 0 aliphatic heterocycles. The highest BCUT2D eigenvalue weighted by Crippen LogP contribution is 2.32. The Kier molecular flexibility index (Phi) is 4.30. The minimum absolute atomic E-state index is 0.277. The molecular weight excluding hydrogens is 251 g/mol. The average molecular weight is 269 g/mol. The second kappa shape index (κ2) is 5.78. The molecule has 1 aliphatic rings. The van der Waals surface area contributed by atoms with E-state index in [1.54, 1.807) is 0 Å². The minimum atomic E-state index is -4.29. The van der Waals surface area contributed by atoms with Crippen LogP contribution in [0.3, 0.4) is 0 Å². The summed E-state index contributed by atoms with van der Waals surface area (Å²) in [6, 6.07) is 4.90. The lowest BCUT2D eigenvalue weighted by Gasteiger charge is -2.16. The van der Waals surface area contributed by atoms with Crippen molar-refractivity contribution in [3.8, 4) is 0 Å². The zero-order chi connectivity index (χ0) is 13.9. The van der Waals surface area contributed by atoms with Crippen LogP contribution in [0.5, 0.6) is 0 Å². The summed E-state index contributed by atoms with van der Waals surface area (Å²) in [6.45, 7) is 0. The Balaban J connectivity index is 2.15. The Morgan fingerprint density at radius 1 is 1.00 bits per heavy atom. The molecule has 4 heteroatoms. The number of benzene rings is 1. The molecule has 2 rings (SSSR count). The molecular formula is C15H18F3N. The van der Waals surface area contributed by atoms with Gasteiger partial charge in [0.1, 0.15) is 0 Å². The first-order valence-electron chi connectivity index (χ1n) is 6.60. The van der Waals surface area contributed by atoms with E-state index in [1.807, 2.05) is 0 Å². The topological polar surface area (TPSA) is 26.0 Å². The summed E-state index contributed by atoms with van der Waals surface area (Å²) in [6.07, 6.45) is 3.30. The van der Waals surface area contributed by atoms with Crippen molar-refractivity contribution in [3.05, 3.63) is 47.0 Å². The standard InChI is InChI=1S/C15H18F3N/c16-15(17,18)13-9-7-12(8-10-13)14(19)11-5-3-1-2-4-6-11/h5,7-10,14H,1-4,6,19H2. The van der Waals surface area contributed by atoms with E-state index in [0.29, 0.717) is 0 Å². The molecule has 0 spiro atoms. The third-order valence-corrected chi connectivity index (χ3v) is 3.57. The first-order valence-corrected chi connectivity index (χ1v) is 6.60. The van der Waals surface area contributed by atoms with Crippen LogP contribution in [0.25, 0.3) is 0 Å². The van der Waals surface area contributed by atoms with Crippen LogP contribution < -0.4 is 5.73 Å². The Hall–Kier alpha value is -1.29. The van der Waals surface area contributed by atoms with Crippen molar-refractivity contribution in [2.45, 2.75) is 44.3 Å². The van der Waals surface area contributed by atoms with E-state index in [-0.39, 0.29) is 6.04 Å². The number of hydrogen-bond donors (Lipinski definition) is 1. The number of rotatable bonds is 2. The minimum Gasteiger partial charge on any atom is -0.321 e. The van der Waals surface area contributed by atoms with Gasteiger partial charge < -0.3 is 5.73 Å². The highest BCUT2D eigenvalue weighted by Gasteiger charge is 2.30.